The maximum Gasteiger partial charge on any atom is 0.180 e. The van der Waals surface area contributed by atoms with E-state index in [1.54, 1.807) is 19.3 Å². The summed E-state index contributed by atoms with van der Waals surface area (Å²) in [5, 5.41) is 3.26. The van der Waals surface area contributed by atoms with Gasteiger partial charge >= 0.3 is 0 Å². The fraction of sp³-hybridized carbons (Fsp3) is 0.0500. The second-order valence-electron chi connectivity index (χ2n) is 6.00. The average molecular weight is 343 g/mol. The first-order valence-electron chi connectivity index (χ1n) is 8.18. The number of hydrogen-bond acceptors (Lipinski definition) is 5. The Morgan fingerprint density at radius 2 is 1.92 bits per heavy atom. The molecule has 2 aromatic heterocycles. The number of aromatic nitrogens is 3. The fourth-order valence-corrected chi connectivity index (χ4v) is 2.85. The molecule has 0 aliphatic heterocycles. The molecular weight excluding hydrogens is 326 g/mol. The normalized spacial score (nSPS) is 10.8. The van der Waals surface area contributed by atoms with Crippen molar-refractivity contribution < 1.29 is 4.79 Å². The van der Waals surface area contributed by atoms with Crippen molar-refractivity contribution in [1.29, 1.82) is 0 Å². The molecule has 0 atom stereocenters. The number of carbonyl (C=O) groups is 1. The van der Waals surface area contributed by atoms with Crippen LogP contribution in [0.2, 0.25) is 0 Å². The molecule has 0 aliphatic carbocycles. The van der Waals surface area contributed by atoms with Crippen LogP contribution in [0.15, 0.2) is 67.1 Å². The van der Waals surface area contributed by atoms with Gasteiger partial charge in [0.15, 0.2) is 17.2 Å². The van der Waals surface area contributed by atoms with Gasteiger partial charge < -0.3 is 11.1 Å². The third-order valence-corrected chi connectivity index (χ3v) is 4.16. The van der Waals surface area contributed by atoms with E-state index in [-0.39, 0.29) is 5.78 Å². The third-order valence-electron chi connectivity index (χ3n) is 4.16. The van der Waals surface area contributed by atoms with E-state index in [0.29, 0.717) is 22.7 Å². The molecule has 0 bridgehead atoms. The number of imidazole rings is 1. The largest absolute Gasteiger partial charge is 0.399 e. The lowest BCUT2D eigenvalue weighted by atomic mass is 10.1. The van der Waals surface area contributed by atoms with Crippen LogP contribution in [0.4, 0.5) is 17.2 Å². The van der Waals surface area contributed by atoms with Crippen molar-refractivity contribution in [2.24, 2.45) is 0 Å². The number of hydrogen-bond donors (Lipinski definition) is 2. The molecule has 0 aliphatic rings. The molecule has 0 saturated carbocycles. The highest BCUT2D eigenvalue weighted by atomic mass is 16.1. The summed E-state index contributed by atoms with van der Waals surface area (Å²) in [4.78, 5) is 20.4. The van der Waals surface area contributed by atoms with Crippen molar-refractivity contribution in [3.63, 3.8) is 0 Å². The Hall–Kier alpha value is -3.67. The van der Waals surface area contributed by atoms with Crippen molar-refractivity contribution in [2.45, 2.75) is 6.92 Å². The van der Waals surface area contributed by atoms with E-state index in [4.69, 9.17) is 5.73 Å². The number of nitrogens with two attached hydrogens (primary N) is 1. The molecule has 4 rings (SSSR count). The van der Waals surface area contributed by atoms with Crippen LogP contribution < -0.4 is 11.1 Å². The van der Waals surface area contributed by atoms with Gasteiger partial charge in [-0.1, -0.05) is 30.3 Å². The minimum atomic E-state index is 0.0486. The molecule has 6 nitrogen and oxygen atoms in total. The van der Waals surface area contributed by atoms with Crippen LogP contribution in [0.3, 0.4) is 0 Å². The molecule has 3 N–H and O–H groups in total. The molecule has 0 amide bonds. The zero-order valence-corrected chi connectivity index (χ0v) is 14.2. The highest BCUT2D eigenvalue weighted by Gasteiger charge is 2.11. The van der Waals surface area contributed by atoms with Crippen LogP contribution in [0.25, 0.3) is 16.9 Å². The summed E-state index contributed by atoms with van der Waals surface area (Å²) in [7, 11) is 0. The van der Waals surface area contributed by atoms with Gasteiger partial charge in [-0.25, -0.2) is 9.97 Å². The Morgan fingerprint density at radius 1 is 1.12 bits per heavy atom. The predicted octanol–water partition coefficient (Wildman–Crippen LogP) is 3.92. The lowest BCUT2D eigenvalue weighted by Gasteiger charge is -2.08. The van der Waals surface area contributed by atoms with E-state index in [1.165, 1.54) is 0 Å². The number of carbonyl (C=O) groups excluding carboxylic acids is 1. The molecule has 0 unspecified atom stereocenters. The smallest absolute Gasteiger partial charge is 0.180 e. The number of anilines is 3. The van der Waals surface area contributed by atoms with E-state index in [1.807, 2.05) is 59.1 Å². The molecular formula is C20H17N5O. The molecule has 2 heterocycles. The zero-order valence-electron chi connectivity index (χ0n) is 14.2. The standard InChI is InChI=1S/C20H17N5O/c1-13(26)14-5-7-15(8-6-14)18-12-23-20-19(22-9-10-25(18)20)24-17-4-2-3-16(21)11-17/h2-12H,21H2,1H3,(H,22,24). The minimum Gasteiger partial charge on any atom is -0.399 e. The second-order valence-corrected chi connectivity index (χ2v) is 6.00. The van der Waals surface area contributed by atoms with Crippen molar-refractivity contribution in [3.8, 4) is 11.3 Å². The number of nitrogen functional groups attached to an aromatic ring is 1. The summed E-state index contributed by atoms with van der Waals surface area (Å²) in [5.74, 6) is 0.692. The SMILES string of the molecule is CC(=O)c1ccc(-c2cnc3c(Nc4cccc(N)c4)nccn23)cc1. The first kappa shape index (κ1) is 15.8. The van der Waals surface area contributed by atoms with Gasteiger partial charge in [0.25, 0.3) is 0 Å². The average Bonchev–Trinajstić information content (AvgIpc) is 3.07. The second kappa shape index (κ2) is 6.33. The van der Waals surface area contributed by atoms with E-state index in [0.717, 1.165) is 16.9 Å². The number of benzene rings is 2. The van der Waals surface area contributed by atoms with E-state index in [2.05, 4.69) is 15.3 Å². The van der Waals surface area contributed by atoms with Crippen molar-refractivity contribution in [2.75, 3.05) is 11.1 Å². The van der Waals surface area contributed by atoms with Crippen LogP contribution >= 0.6 is 0 Å². The Labute approximate surface area is 150 Å². The monoisotopic (exact) mass is 343 g/mol. The number of ketones is 1. The maximum absolute atomic E-state index is 11.5. The van der Waals surface area contributed by atoms with Gasteiger partial charge in [0.05, 0.1) is 11.9 Å². The number of rotatable bonds is 4. The Bertz CT molecular complexity index is 1100. The van der Waals surface area contributed by atoms with E-state index in [9.17, 15) is 4.79 Å². The first-order chi connectivity index (χ1) is 12.6. The molecule has 0 radical (unpaired) electrons. The number of Topliss-reactive ketones (excluding diaryl/α,β-unsaturated/α-hetero) is 1. The third kappa shape index (κ3) is 2.88. The van der Waals surface area contributed by atoms with Gasteiger partial charge in [-0.15, -0.1) is 0 Å². The number of nitrogens with one attached hydrogen (secondary N) is 1. The van der Waals surface area contributed by atoms with Gasteiger partial charge in [-0.2, -0.15) is 0 Å². The van der Waals surface area contributed by atoms with Crippen LogP contribution in [0, 0.1) is 0 Å². The van der Waals surface area contributed by atoms with Crippen molar-refractivity contribution >= 4 is 28.6 Å². The summed E-state index contributed by atoms with van der Waals surface area (Å²) in [6.45, 7) is 1.56. The Kier molecular flexibility index (Phi) is 3.85. The van der Waals surface area contributed by atoms with Crippen LogP contribution in [-0.4, -0.2) is 20.2 Å². The van der Waals surface area contributed by atoms with Gasteiger partial charge in [0.2, 0.25) is 0 Å². The molecule has 6 heteroatoms. The van der Waals surface area contributed by atoms with Crippen LogP contribution in [-0.2, 0) is 0 Å². The van der Waals surface area contributed by atoms with Crippen LogP contribution in [0.1, 0.15) is 17.3 Å². The highest BCUT2D eigenvalue weighted by molar-refractivity contribution is 5.94. The fourth-order valence-electron chi connectivity index (χ4n) is 2.85. The highest BCUT2D eigenvalue weighted by Crippen LogP contribution is 2.26. The first-order valence-corrected chi connectivity index (χ1v) is 8.18. The summed E-state index contributed by atoms with van der Waals surface area (Å²) < 4.78 is 1.96. The quantitative estimate of drug-likeness (QED) is 0.433. The van der Waals surface area contributed by atoms with E-state index < -0.39 is 0 Å². The molecule has 0 spiro atoms. The van der Waals surface area contributed by atoms with Gasteiger partial charge in [0.1, 0.15) is 0 Å². The summed E-state index contributed by atoms with van der Waals surface area (Å²) in [6.07, 6.45) is 5.38. The van der Waals surface area contributed by atoms with E-state index >= 15 is 0 Å². The lowest BCUT2D eigenvalue weighted by molar-refractivity contribution is 0.101. The molecule has 128 valence electrons. The lowest BCUT2D eigenvalue weighted by Crippen LogP contribution is -1.99. The van der Waals surface area contributed by atoms with Crippen molar-refractivity contribution in [1.82, 2.24) is 14.4 Å². The maximum atomic E-state index is 11.5. The summed E-state index contributed by atoms with van der Waals surface area (Å²) in [5.41, 5.74) is 10.7. The minimum absolute atomic E-state index is 0.0486. The van der Waals surface area contributed by atoms with Gasteiger partial charge in [-0.3, -0.25) is 9.20 Å². The molecule has 2 aromatic carbocycles. The zero-order chi connectivity index (χ0) is 18.1. The summed E-state index contributed by atoms with van der Waals surface area (Å²) in [6, 6.07) is 15.0. The number of nitrogens with zero attached hydrogens (tertiary/aromatic N) is 3. The Morgan fingerprint density at radius 3 is 2.65 bits per heavy atom. The molecule has 4 aromatic rings. The molecule has 0 fully saturated rings. The molecule has 0 saturated heterocycles. The summed E-state index contributed by atoms with van der Waals surface area (Å²) >= 11 is 0. The van der Waals surface area contributed by atoms with Gasteiger partial charge in [0, 0.05) is 34.9 Å². The Balaban J connectivity index is 1.74. The van der Waals surface area contributed by atoms with Crippen molar-refractivity contribution in [3.05, 3.63) is 72.7 Å². The van der Waals surface area contributed by atoms with Crippen LogP contribution in [0.5, 0.6) is 0 Å². The number of fused-ring (bicyclic) bond motifs is 1. The predicted molar refractivity (Wildman–Crippen MR) is 103 cm³/mol. The van der Waals surface area contributed by atoms with Gasteiger partial charge in [-0.05, 0) is 25.1 Å². The topological polar surface area (TPSA) is 85.3 Å². The molecule has 26 heavy (non-hydrogen) atoms.